The van der Waals surface area contributed by atoms with E-state index in [-0.39, 0.29) is 35.5 Å². The number of hydrogen-bond acceptors (Lipinski definition) is 10. The van der Waals surface area contributed by atoms with Crippen LogP contribution in [0.4, 0.5) is 11.8 Å². The quantitative estimate of drug-likeness (QED) is 0.197. The van der Waals surface area contributed by atoms with Crippen LogP contribution in [0.25, 0.3) is 11.0 Å². The van der Waals surface area contributed by atoms with Gasteiger partial charge in [-0.05, 0) is 61.4 Å². The summed E-state index contributed by atoms with van der Waals surface area (Å²) in [5.74, 6) is -2.19. The molecule has 216 valence electrons. The zero-order valence-electron chi connectivity index (χ0n) is 23.0. The number of nitrogen functional groups attached to an aromatic ring is 2. The fourth-order valence-electron chi connectivity index (χ4n) is 5.32. The van der Waals surface area contributed by atoms with E-state index in [1.165, 1.54) is 19.2 Å². The predicted octanol–water partition coefficient (Wildman–Crippen LogP) is 2.43. The highest BCUT2D eigenvalue weighted by molar-refractivity contribution is 6.17. The Morgan fingerprint density at radius 3 is 2.43 bits per heavy atom. The largest absolute Gasteiger partial charge is 0.467 e. The maximum atomic E-state index is 13.8. The Morgan fingerprint density at radius 2 is 1.71 bits per heavy atom. The highest BCUT2D eigenvalue weighted by Crippen LogP contribution is 2.26. The number of nitrogens with zero attached hydrogens (tertiary/aromatic N) is 3. The first-order valence-electron chi connectivity index (χ1n) is 13.5. The predicted molar refractivity (Wildman–Crippen MR) is 155 cm³/mol. The monoisotopic (exact) mass is 569 g/mol. The van der Waals surface area contributed by atoms with E-state index in [1.807, 2.05) is 18.3 Å². The van der Waals surface area contributed by atoms with Crippen molar-refractivity contribution in [1.82, 2.24) is 19.9 Å². The number of aromatic amines is 1. The number of aryl methyl sites for hydroxylation is 2. The average Bonchev–Trinajstić information content (AvgIpc) is 3.41. The highest BCUT2D eigenvalue weighted by atomic mass is 16.5. The molecule has 0 spiro atoms. The minimum Gasteiger partial charge on any atom is -0.467 e. The molecule has 1 aliphatic rings. The molecule has 0 aliphatic carbocycles. The molecule has 2 aromatic heterocycles. The molecule has 1 aliphatic heterocycles. The van der Waals surface area contributed by atoms with Gasteiger partial charge in [0, 0.05) is 17.3 Å². The van der Waals surface area contributed by atoms with E-state index in [9.17, 15) is 19.2 Å². The number of fused-ring (bicyclic) bond motifs is 2. The first kappa shape index (κ1) is 28.4. The number of ether oxygens (including phenoxy) is 1. The molecular weight excluding hydrogens is 538 g/mol. The molecule has 5 rings (SSSR count). The number of nitrogens with two attached hydrogens (primary N) is 3. The number of carbonyl (C=O) groups is 4. The van der Waals surface area contributed by atoms with Gasteiger partial charge in [0.15, 0.2) is 5.78 Å². The third kappa shape index (κ3) is 5.44. The molecule has 2 aromatic carbocycles. The van der Waals surface area contributed by atoms with Crippen LogP contribution in [0.1, 0.15) is 61.5 Å². The number of nitrogens with one attached hydrogen (secondary N) is 1. The third-order valence-corrected chi connectivity index (χ3v) is 7.50. The second-order valence-electron chi connectivity index (χ2n) is 10.2. The van der Waals surface area contributed by atoms with Gasteiger partial charge in [-0.2, -0.15) is 9.97 Å². The Balaban J connectivity index is 1.36. The molecule has 4 aromatic rings. The van der Waals surface area contributed by atoms with Crippen molar-refractivity contribution in [3.63, 3.8) is 0 Å². The lowest BCUT2D eigenvalue weighted by Crippen LogP contribution is -2.49. The van der Waals surface area contributed by atoms with Crippen LogP contribution in [-0.4, -0.2) is 62.6 Å². The molecule has 0 radical (unpaired) electrons. The van der Waals surface area contributed by atoms with Crippen LogP contribution >= 0.6 is 0 Å². The van der Waals surface area contributed by atoms with E-state index in [4.69, 9.17) is 21.9 Å². The summed E-state index contributed by atoms with van der Waals surface area (Å²) < 4.78 is 4.94. The van der Waals surface area contributed by atoms with Gasteiger partial charge in [0.2, 0.25) is 5.95 Å². The number of amides is 2. The number of benzene rings is 2. The number of carbonyl (C=O) groups excluding carboxylic acids is 4. The number of methoxy groups -OCH3 is 1. The van der Waals surface area contributed by atoms with Gasteiger partial charge in [0.1, 0.15) is 17.5 Å². The fourth-order valence-corrected chi connectivity index (χ4v) is 5.32. The number of aromatic nitrogens is 3. The Hall–Kier alpha value is -5.10. The number of hydrogen-bond donors (Lipinski definition) is 4. The van der Waals surface area contributed by atoms with Crippen molar-refractivity contribution in [2.75, 3.05) is 18.6 Å². The van der Waals surface area contributed by atoms with Gasteiger partial charge in [-0.15, -0.1) is 0 Å². The number of esters is 1. The van der Waals surface area contributed by atoms with Gasteiger partial charge in [0.05, 0.1) is 24.1 Å². The van der Waals surface area contributed by atoms with Crippen LogP contribution in [0.15, 0.2) is 54.7 Å². The van der Waals surface area contributed by atoms with Crippen molar-refractivity contribution in [3.8, 4) is 0 Å². The lowest BCUT2D eigenvalue weighted by Gasteiger charge is -2.28. The van der Waals surface area contributed by atoms with Crippen LogP contribution in [-0.2, 0) is 22.4 Å². The number of anilines is 2. The number of H-pyrrole nitrogens is 1. The van der Waals surface area contributed by atoms with Crippen molar-refractivity contribution in [1.29, 1.82) is 0 Å². The van der Waals surface area contributed by atoms with Crippen molar-refractivity contribution in [2.24, 2.45) is 5.73 Å². The summed E-state index contributed by atoms with van der Waals surface area (Å²) in [6.45, 7) is 0. The van der Waals surface area contributed by atoms with Gasteiger partial charge in [-0.25, -0.2) is 4.79 Å². The van der Waals surface area contributed by atoms with Crippen LogP contribution in [0, 0.1) is 0 Å². The average molecular weight is 570 g/mol. The molecule has 12 heteroatoms. The van der Waals surface area contributed by atoms with E-state index in [1.54, 1.807) is 24.3 Å². The van der Waals surface area contributed by atoms with E-state index in [0.717, 1.165) is 27.8 Å². The Kier molecular flexibility index (Phi) is 7.98. The minimum absolute atomic E-state index is 0.00438. The summed E-state index contributed by atoms with van der Waals surface area (Å²) in [7, 11) is 1.18. The second-order valence-corrected chi connectivity index (χ2v) is 10.2. The molecule has 0 bridgehead atoms. The fraction of sp³-hybridized carbons (Fsp3) is 0.267. The molecule has 2 atom stereocenters. The highest BCUT2D eigenvalue weighted by Gasteiger charge is 2.40. The summed E-state index contributed by atoms with van der Waals surface area (Å²) in [5.41, 5.74) is 20.7. The Labute approximate surface area is 241 Å². The molecule has 0 saturated heterocycles. The topological polar surface area (TPSA) is 200 Å². The molecule has 42 heavy (non-hydrogen) atoms. The maximum absolute atomic E-state index is 13.8. The lowest BCUT2D eigenvalue weighted by atomic mass is 9.97. The van der Waals surface area contributed by atoms with Crippen LogP contribution in [0.3, 0.4) is 0 Å². The van der Waals surface area contributed by atoms with Gasteiger partial charge in [-0.3, -0.25) is 19.3 Å². The molecule has 1 unspecified atom stereocenters. The summed E-state index contributed by atoms with van der Waals surface area (Å²) in [4.78, 5) is 65.5. The summed E-state index contributed by atoms with van der Waals surface area (Å²) >= 11 is 0. The van der Waals surface area contributed by atoms with E-state index in [0.29, 0.717) is 24.3 Å². The zero-order valence-corrected chi connectivity index (χ0v) is 23.0. The smallest absolute Gasteiger partial charge is 0.329 e. The molecule has 3 heterocycles. The third-order valence-electron chi connectivity index (χ3n) is 7.50. The van der Waals surface area contributed by atoms with Gasteiger partial charge in [-0.1, -0.05) is 30.3 Å². The second kappa shape index (κ2) is 11.8. The molecule has 12 nitrogen and oxygen atoms in total. The van der Waals surface area contributed by atoms with Crippen molar-refractivity contribution in [3.05, 3.63) is 82.5 Å². The van der Waals surface area contributed by atoms with E-state index >= 15 is 0 Å². The molecular formula is C30H31N7O5. The summed E-state index contributed by atoms with van der Waals surface area (Å²) in [5, 5.41) is 0.753. The number of imide groups is 1. The van der Waals surface area contributed by atoms with Crippen molar-refractivity contribution < 1.29 is 23.9 Å². The van der Waals surface area contributed by atoms with Gasteiger partial charge < -0.3 is 26.9 Å². The SMILES string of the molecule is COC(=O)[C@@H]1CCC(N)C(=O)c2ccccc2C(=O)N1C(=O)c1ccc(CCCc2c[nH]c3nc(N)nc(N)c23)cc1. The van der Waals surface area contributed by atoms with Crippen molar-refractivity contribution in [2.45, 2.75) is 44.2 Å². The molecule has 0 fully saturated rings. The first-order valence-corrected chi connectivity index (χ1v) is 13.5. The molecule has 0 saturated carbocycles. The van der Waals surface area contributed by atoms with Crippen molar-refractivity contribution >= 4 is 46.4 Å². The zero-order chi connectivity index (χ0) is 30.0. The summed E-state index contributed by atoms with van der Waals surface area (Å²) in [6, 6.07) is 10.8. The molecule has 7 N–H and O–H groups in total. The van der Waals surface area contributed by atoms with Gasteiger partial charge in [0.25, 0.3) is 11.8 Å². The Morgan fingerprint density at radius 1 is 1.00 bits per heavy atom. The van der Waals surface area contributed by atoms with Crippen LogP contribution in [0.5, 0.6) is 0 Å². The first-order chi connectivity index (χ1) is 20.2. The summed E-state index contributed by atoms with van der Waals surface area (Å²) in [6.07, 6.45) is 4.11. The lowest BCUT2D eigenvalue weighted by molar-refractivity contribution is -0.145. The number of ketones is 1. The van der Waals surface area contributed by atoms with Gasteiger partial charge >= 0.3 is 5.97 Å². The standard InChI is InChI=1S/C30H31N7O5/c1-42-29(41)22-14-13-21(31)24(38)19-7-2-3-8-20(19)28(40)37(22)27(39)17-11-9-16(10-12-17)5-4-6-18-15-34-26-23(18)25(32)35-30(33)36-26/h2-3,7-12,15,21-22H,4-6,13-14,31H2,1H3,(H5,32,33,34,35,36)/t21?,22-/m0/s1. The van der Waals surface area contributed by atoms with E-state index in [2.05, 4.69) is 15.0 Å². The molecule has 2 amide bonds. The maximum Gasteiger partial charge on any atom is 0.329 e. The normalized spacial score (nSPS) is 17.3. The minimum atomic E-state index is -1.25. The number of rotatable bonds is 6. The van der Waals surface area contributed by atoms with Crippen LogP contribution < -0.4 is 17.2 Å². The van der Waals surface area contributed by atoms with Crippen LogP contribution in [0.2, 0.25) is 0 Å². The number of Topliss-reactive ketones (excluding diaryl/α,β-unsaturated/α-hetero) is 1. The van der Waals surface area contributed by atoms with E-state index < -0.39 is 35.7 Å². The Bertz CT molecular complexity index is 1680.